The van der Waals surface area contributed by atoms with Crippen LogP contribution in [0.4, 0.5) is 5.95 Å². The summed E-state index contributed by atoms with van der Waals surface area (Å²) in [5.74, 6) is 0.510. The Labute approximate surface area is 200 Å². The summed E-state index contributed by atoms with van der Waals surface area (Å²) in [6, 6.07) is 11.9. The Morgan fingerprint density at radius 3 is 2.82 bits per heavy atom. The number of pyridine rings is 1. The second kappa shape index (κ2) is 8.06. The van der Waals surface area contributed by atoms with Gasteiger partial charge in [0.25, 0.3) is 11.5 Å². The molecule has 0 bridgehead atoms. The molecule has 4 aromatic rings. The van der Waals surface area contributed by atoms with E-state index in [4.69, 9.17) is 5.73 Å². The number of hydrogen-bond donors (Lipinski definition) is 1. The van der Waals surface area contributed by atoms with Crippen LogP contribution in [0.5, 0.6) is 0 Å². The number of rotatable bonds is 4. The molecule has 8 heteroatoms. The third-order valence-corrected chi connectivity index (χ3v) is 7.72. The third-order valence-electron chi connectivity index (χ3n) is 6.76. The van der Waals surface area contributed by atoms with Crippen LogP contribution >= 0.6 is 11.3 Å². The molecule has 34 heavy (non-hydrogen) atoms. The zero-order valence-electron chi connectivity index (χ0n) is 19.0. The maximum Gasteiger partial charge on any atom is 0.272 e. The van der Waals surface area contributed by atoms with Crippen LogP contribution in [0.25, 0.3) is 21.2 Å². The van der Waals surface area contributed by atoms with Crippen LogP contribution in [-0.4, -0.2) is 31.9 Å². The first-order valence-electron chi connectivity index (χ1n) is 11.6. The van der Waals surface area contributed by atoms with Crippen molar-refractivity contribution in [2.75, 3.05) is 12.3 Å². The second-order valence-electron chi connectivity index (χ2n) is 9.26. The molecule has 1 amide bonds. The van der Waals surface area contributed by atoms with Gasteiger partial charge in [-0.05, 0) is 60.2 Å². The van der Waals surface area contributed by atoms with Crippen molar-refractivity contribution in [1.82, 2.24) is 19.4 Å². The van der Waals surface area contributed by atoms with Gasteiger partial charge in [-0.2, -0.15) is 0 Å². The van der Waals surface area contributed by atoms with Crippen LogP contribution in [-0.2, 0) is 19.5 Å². The number of nitrogen functional groups attached to an aromatic ring is 1. The number of fused-ring (bicyclic) bond motifs is 2. The molecule has 0 radical (unpaired) electrons. The number of benzene rings is 1. The molecule has 2 aliphatic rings. The predicted octanol–water partition coefficient (Wildman–Crippen LogP) is 4.02. The summed E-state index contributed by atoms with van der Waals surface area (Å²) >= 11 is 1.65. The normalized spacial score (nSPS) is 15.5. The summed E-state index contributed by atoms with van der Waals surface area (Å²) in [5.41, 5.74) is 10.6. The van der Waals surface area contributed by atoms with Gasteiger partial charge in [0.15, 0.2) is 0 Å². The predicted molar refractivity (Wildman–Crippen MR) is 134 cm³/mol. The Balaban J connectivity index is 1.44. The van der Waals surface area contributed by atoms with E-state index >= 15 is 0 Å². The number of amides is 1. The van der Waals surface area contributed by atoms with E-state index in [0.29, 0.717) is 42.4 Å². The Bertz CT molecular complexity index is 1480. The van der Waals surface area contributed by atoms with Gasteiger partial charge in [0, 0.05) is 53.3 Å². The smallest absolute Gasteiger partial charge is 0.272 e. The van der Waals surface area contributed by atoms with E-state index in [2.05, 4.69) is 27.5 Å². The number of thiophene rings is 1. The third kappa shape index (κ3) is 3.68. The van der Waals surface area contributed by atoms with Crippen molar-refractivity contribution >= 4 is 33.3 Å². The number of nitrogens with zero attached hydrogens (tertiary/aromatic N) is 4. The average molecular weight is 472 g/mol. The van der Waals surface area contributed by atoms with Gasteiger partial charge in [0.1, 0.15) is 5.69 Å². The van der Waals surface area contributed by atoms with Gasteiger partial charge in [0.05, 0.1) is 0 Å². The van der Waals surface area contributed by atoms with Crippen molar-refractivity contribution < 1.29 is 4.79 Å². The fourth-order valence-electron chi connectivity index (χ4n) is 4.90. The fourth-order valence-corrected chi connectivity index (χ4v) is 5.83. The summed E-state index contributed by atoms with van der Waals surface area (Å²) in [7, 11) is 0. The molecule has 4 heterocycles. The van der Waals surface area contributed by atoms with Crippen molar-refractivity contribution in [1.29, 1.82) is 0 Å². The highest BCUT2D eigenvalue weighted by molar-refractivity contribution is 7.17. The van der Waals surface area contributed by atoms with Gasteiger partial charge in [0.2, 0.25) is 5.95 Å². The first-order valence-corrected chi connectivity index (χ1v) is 12.5. The first-order chi connectivity index (χ1) is 16.5. The molecule has 1 aliphatic carbocycles. The van der Waals surface area contributed by atoms with Crippen LogP contribution in [0.3, 0.4) is 0 Å². The quantitative estimate of drug-likeness (QED) is 0.485. The lowest BCUT2D eigenvalue weighted by molar-refractivity contribution is 0.0725. The molecule has 1 fully saturated rings. The minimum Gasteiger partial charge on any atom is -0.368 e. The van der Waals surface area contributed by atoms with Gasteiger partial charge in [-0.25, -0.2) is 9.97 Å². The number of anilines is 1. The molecule has 1 saturated carbocycles. The van der Waals surface area contributed by atoms with Crippen LogP contribution < -0.4 is 11.3 Å². The van der Waals surface area contributed by atoms with Crippen LogP contribution in [0, 0.1) is 12.8 Å². The van der Waals surface area contributed by atoms with Crippen LogP contribution in [0.1, 0.15) is 40.3 Å². The Hall–Kier alpha value is -3.52. The summed E-state index contributed by atoms with van der Waals surface area (Å²) < 4.78 is 3.11. The lowest BCUT2D eigenvalue weighted by atomic mass is 9.98. The van der Waals surface area contributed by atoms with E-state index in [1.807, 2.05) is 22.8 Å². The van der Waals surface area contributed by atoms with Crippen molar-refractivity contribution in [2.24, 2.45) is 5.92 Å². The van der Waals surface area contributed by atoms with E-state index in [9.17, 15) is 9.59 Å². The standard InChI is InChI=1S/C26H25N5O2S/c1-15-11-21(29-26(27)28-15)25(33)30-9-7-22-18(14-30)12-20(24(32)31(22)13-16-5-6-16)19-4-2-3-17-8-10-34-23(17)19/h2-4,8,10-12,16H,5-7,9,13-14H2,1H3,(H2,27,28,29). The lowest BCUT2D eigenvalue weighted by Crippen LogP contribution is -2.40. The van der Waals surface area contributed by atoms with Gasteiger partial charge < -0.3 is 15.2 Å². The average Bonchev–Trinajstić information content (AvgIpc) is 3.51. The van der Waals surface area contributed by atoms with E-state index in [1.165, 1.54) is 12.8 Å². The number of hydrogen-bond acceptors (Lipinski definition) is 6. The maximum atomic E-state index is 13.7. The fraction of sp³-hybridized carbons (Fsp3) is 0.308. The molecule has 0 atom stereocenters. The monoisotopic (exact) mass is 471 g/mol. The van der Waals surface area contributed by atoms with Crippen molar-refractivity contribution in [3.8, 4) is 11.1 Å². The molecule has 3 aromatic heterocycles. The highest BCUT2D eigenvalue weighted by Crippen LogP contribution is 2.35. The Morgan fingerprint density at radius 2 is 2.03 bits per heavy atom. The van der Waals surface area contributed by atoms with Gasteiger partial charge in [-0.3, -0.25) is 9.59 Å². The van der Waals surface area contributed by atoms with Crippen molar-refractivity contribution in [2.45, 2.75) is 39.3 Å². The van der Waals surface area contributed by atoms with E-state index < -0.39 is 0 Å². The lowest BCUT2D eigenvalue weighted by Gasteiger charge is -2.31. The SMILES string of the molecule is Cc1cc(C(=O)N2CCc3c(cc(-c4cccc5ccsc45)c(=O)n3CC3CC3)C2)nc(N)n1. The molecule has 1 aromatic carbocycles. The number of carbonyl (C=O) groups is 1. The Kier molecular flexibility index (Phi) is 4.99. The Morgan fingerprint density at radius 1 is 1.18 bits per heavy atom. The largest absolute Gasteiger partial charge is 0.368 e. The summed E-state index contributed by atoms with van der Waals surface area (Å²) in [6.07, 6.45) is 2.99. The van der Waals surface area contributed by atoms with E-state index in [-0.39, 0.29) is 17.4 Å². The molecule has 2 N–H and O–H groups in total. The molecule has 0 unspecified atom stereocenters. The van der Waals surface area contributed by atoms with Gasteiger partial charge >= 0.3 is 0 Å². The number of aromatic nitrogens is 3. The van der Waals surface area contributed by atoms with E-state index in [1.54, 1.807) is 29.2 Å². The minimum absolute atomic E-state index is 0.0746. The van der Waals surface area contributed by atoms with Crippen molar-refractivity contribution in [3.63, 3.8) is 0 Å². The summed E-state index contributed by atoms with van der Waals surface area (Å²) in [5, 5.41) is 3.20. The molecule has 1 aliphatic heterocycles. The highest BCUT2D eigenvalue weighted by atomic mass is 32.1. The first kappa shape index (κ1) is 21.0. The van der Waals surface area contributed by atoms with E-state index in [0.717, 1.165) is 33.5 Å². The van der Waals surface area contributed by atoms with Crippen molar-refractivity contribution in [3.05, 3.63) is 74.8 Å². The number of nitrogens with two attached hydrogens (primary N) is 1. The second-order valence-corrected chi connectivity index (χ2v) is 10.2. The minimum atomic E-state index is -0.162. The molecule has 6 rings (SSSR count). The summed E-state index contributed by atoms with van der Waals surface area (Å²) in [6.45, 7) is 3.54. The van der Waals surface area contributed by atoms with Crippen LogP contribution in [0.15, 0.2) is 46.6 Å². The highest BCUT2D eigenvalue weighted by Gasteiger charge is 2.30. The topological polar surface area (TPSA) is 94.1 Å². The summed E-state index contributed by atoms with van der Waals surface area (Å²) in [4.78, 5) is 37.0. The van der Waals surface area contributed by atoms with Crippen LogP contribution in [0.2, 0.25) is 0 Å². The molecule has 0 saturated heterocycles. The number of aryl methyl sites for hydroxylation is 1. The number of carbonyl (C=O) groups excluding carboxylic acids is 1. The molecular weight excluding hydrogens is 446 g/mol. The zero-order valence-corrected chi connectivity index (χ0v) is 19.8. The molecule has 7 nitrogen and oxygen atoms in total. The maximum absolute atomic E-state index is 13.7. The molecule has 0 spiro atoms. The van der Waals surface area contributed by atoms with Gasteiger partial charge in [-0.1, -0.05) is 18.2 Å². The molecular formula is C26H25N5O2S. The molecule has 172 valence electrons. The van der Waals surface area contributed by atoms with Gasteiger partial charge in [-0.15, -0.1) is 11.3 Å². The zero-order chi connectivity index (χ0) is 23.4.